The van der Waals surface area contributed by atoms with Gasteiger partial charge in [-0.25, -0.2) is 23.1 Å². The summed E-state index contributed by atoms with van der Waals surface area (Å²) in [6.07, 6.45) is 5.61. The van der Waals surface area contributed by atoms with Crippen molar-refractivity contribution < 1.29 is 8.42 Å². The summed E-state index contributed by atoms with van der Waals surface area (Å²) in [5, 5.41) is 3.00. The lowest BCUT2D eigenvalue weighted by Crippen LogP contribution is -2.29. The third-order valence-corrected chi connectivity index (χ3v) is 4.83. The molecule has 8 heteroatoms. The Morgan fingerprint density at radius 2 is 2.00 bits per heavy atom. The minimum absolute atomic E-state index is 0.0934. The molecule has 0 amide bonds. The van der Waals surface area contributed by atoms with Crippen LogP contribution in [0.4, 0.5) is 5.95 Å². The fourth-order valence-corrected chi connectivity index (χ4v) is 3.20. The van der Waals surface area contributed by atoms with Crippen molar-refractivity contribution in [1.29, 1.82) is 0 Å². The Kier molecular flexibility index (Phi) is 7.25. The van der Waals surface area contributed by atoms with Gasteiger partial charge in [-0.3, -0.25) is 0 Å². The molecule has 1 heterocycles. The van der Waals surface area contributed by atoms with Gasteiger partial charge in [0.15, 0.2) is 0 Å². The molecule has 0 saturated heterocycles. The molecule has 0 fully saturated rings. The fraction of sp³-hybridized carbons (Fsp3) is 0.667. The number of hydrogen-bond donors (Lipinski definition) is 2. The van der Waals surface area contributed by atoms with E-state index in [1.165, 1.54) is 12.4 Å². The van der Waals surface area contributed by atoms with E-state index in [0.717, 1.165) is 18.7 Å². The van der Waals surface area contributed by atoms with Gasteiger partial charge in [0.1, 0.15) is 4.90 Å². The molecule has 0 bridgehead atoms. The molecule has 0 aliphatic carbocycles. The van der Waals surface area contributed by atoms with Gasteiger partial charge in [-0.2, -0.15) is 11.8 Å². The molecular weight excluding hydrogens is 296 g/mol. The molecule has 2 N–H and O–H groups in total. The lowest BCUT2D eigenvalue weighted by Gasteiger charge is -2.11. The predicted octanol–water partition coefficient (Wildman–Crippen LogP) is 1.58. The number of aromatic nitrogens is 2. The zero-order valence-corrected chi connectivity index (χ0v) is 13.7. The average Bonchev–Trinajstić information content (AvgIpc) is 2.44. The molecule has 1 unspecified atom stereocenters. The van der Waals surface area contributed by atoms with Crippen LogP contribution in [0.15, 0.2) is 17.3 Å². The number of rotatable bonds is 9. The first-order chi connectivity index (χ1) is 9.49. The monoisotopic (exact) mass is 318 g/mol. The number of nitrogens with one attached hydrogen (secondary N) is 2. The van der Waals surface area contributed by atoms with Crippen LogP contribution in [0.3, 0.4) is 0 Å². The lowest BCUT2D eigenvalue weighted by atomic mass is 10.2. The van der Waals surface area contributed by atoms with Crippen LogP contribution in [0.25, 0.3) is 0 Å². The van der Waals surface area contributed by atoms with Crippen molar-refractivity contribution in [2.45, 2.75) is 25.2 Å². The van der Waals surface area contributed by atoms with Crippen molar-refractivity contribution >= 4 is 27.7 Å². The summed E-state index contributed by atoms with van der Waals surface area (Å²) in [5.74, 6) is 1.64. The Bertz CT molecular complexity index is 491. The van der Waals surface area contributed by atoms with Crippen molar-refractivity contribution in [3.63, 3.8) is 0 Å². The van der Waals surface area contributed by atoms with Crippen LogP contribution in [0.2, 0.25) is 0 Å². The van der Waals surface area contributed by atoms with Crippen molar-refractivity contribution in [1.82, 2.24) is 14.7 Å². The third-order valence-electron chi connectivity index (χ3n) is 2.54. The Balaban J connectivity index is 2.63. The maximum atomic E-state index is 12.0. The summed E-state index contributed by atoms with van der Waals surface area (Å²) in [5.41, 5.74) is 0. The van der Waals surface area contributed by atoms with E-state index in [2.05, 4.69) is 20.0 Å². The normalized spacial score (nSPS) is 13.2. The van der Waals surface area contributed by atoms with Crippen molar-refractivity contribution in [2.75, 3.05) is 30.4 Å². The van der Waals surface area contributed by atoms with E-state index in [4.69, 9.17) is 0 Å². The molecule has 0 saturated carbocycles. The largest absolute Gasteiger partial charge is 0.354 e. The molecule has 0 aliphatic heterocycles. The second-order valence-electron chi connectivity index (χ2n) is 4.58. The van der Waals surface area contributed by atoms with E-state index >= 15 is 0 Å². The van der Waals surface area contributed by atoms with Gasteiger partial charge in [-0.15, -0.1) is 0 Å². The smallest absolute Gasteiger partial charge is 0.243 e. The fourth-order valence-electron chi connectivity index (χ4n) is 1.46. The Labute approximate surface area is 125 Å². The molecular formula is C12H22N4O2S2. The highest BCUT2D eigenvalue weighted by molar-refractivity contribution is 7.98. The van der Waals surface area contributed by atoms with Crippen LogP contribution < -0.4 is 10.0 Å². The first kappa shape index (κ1) is 17.2. The van der Waals surface area contributed by atoms with Crippen molar-refractivity contribution in [3.8, 4) is 0 Å². The van der Waals surface area contributed by atoms with Gasteiger partial charge in [-0.05, 0) is 24.3 Å². The molecule has 114 valence electrons. The quantitative estimate of drug-likeness (QED) is 0.719. The zero-order chi connectivity index (χ0) is 15.0. The Morgan fingerprint density at radius 1 is 1.35 bits per heavy atom. The Hall–Kier alpha value is -0.860. The lowest BCUT2D eigenvalue weighted by molar-refractivity contribution is 0.562. The van der Waals surface area contributed by atoms with Gasteiger partial charge in [0.05, 0.1) is 12.4 Å². The topological polar surface area (TPSA) is 84.0 Å². The van der Waals surface area contributed by atoms with Gasteiger partial charge in [0, 0.05) is 13.1 Å². The van der Waals surface area contributed by atoms with Crippen molar-refractivity contribution in [3.05, 3.63) is 12.4 Å². The zero-order valence-electron chi connectivity index (χ0n) is 12.1. The maximum absolute atomic E-state index is 12.0. The SMILES string of the molecule is CCCNc1ncc(S(=O)(=O)NCC(C)CSC)cn1. The summed E-state index contributed by atoms with van der Waals surface area (Å²) < 4.78 is 26.7. The number of sulfonamides is 1. The standard InChI is InChI=1S/C12H22N4O2S2/c1-4-5-13-12-14-7-11(8-15-12)20(17,18)16-6-10(2)9-19-3/h7-8,10,16H,4-6,9H2,1-3H3,(H,13,14,15). The molecule has 0 aliphatic rings. The van der Waals surface area contributed by atoms with Crippen LogP contribution in [-0.4, -0.2) is 43.5 Å². The number of nitrogens with zero attached hydrogens (tertiary/aromatic N) is 2. The third kappa shape index (κ3) is 5.64. The van der Waals surface area contributed by atoms with Crippen molar-refractivity contribution in [2.24, 2.45) is 5.92 Å². The number of thioether (sulfide) groups is 1. The van der Waals surface area contributed by atoms with Crippen LogP contribution in [0.1, 0.15) is 20.3 Å². The minimum atomic E-state index is -3.52. The van der Waals surface area contributed by atoms with E-state index in [1.807, 2.05) is 20.1 Å². The van der Waals surface area contributed by atoms with Gasteiger partial charge in [-0.1, -0.05) is 13.8 Å². The van der Waals surface area contributed by atoms with E-state index in [0.29, 0.717) is 12.5 Å². The second-order valence-corrected chi connectivity index (χ2v) is 7.26. The second kappa shape index (κ2) is 8.43. The Morgan fingerprint density at radius 3 is 2.55 bits per heavy atom. The van der Waals surface area contributed by atoms with E-state index < -0.39 is 10.0 Å². The summed E-state index contributed by atoms with van der Waals surface area (Å²) in [7, 11) is -3.52. The summed E-state index contributed by atoms with van der Waals surface area (Å²) in [4.78, 5) is 8.09. The first-order valence-corrected chi connectivity index (χ1v) is 9.41. The van der Waals surface area contributed by atoms with Crippen LogP contribution in [0, 0.1) is 5.92 Å². The molecule has 6 nitrogen and oxygen atoms in total. The van der Waals surface area contributed by atoms with Gasteiger partial charge >= 0.3 is 0 Å². The van der Waals surface area contributed by atoms with Gasteiger partial charge in [0.2, 0.25) is 16.0 Å². The van der Waals surface area contributed by atoms with Gasteiger partial charge in [0.25, 0.3) is 0 Å². The highest BCUT2D eigenvalue weighted by atomic mass is 32.2. The molecule has 0 radical (unpaired) electrons. The van der Waals surface area contributed by atoms with Crippen LogP contribution in [0.5, 0.6) is 0 Å². The summed E-state index contributed by atoms with van der Waals surface area (Å²) in [6, 6.07) is 0. The molecule has 1 aromatic rings. The highest BCUT2D eigenvalue weighted by Crippen LogP contribution is 2.09. The summed E-state index contributed by atoms with van der Waals surface area (Å²) >= 11 is 1.70. The minimum Gasteiger partial charge on any atom is -0.354 e. The molecule has 1 atom stereocenters. The maximum Gasteiger partial charge on any atom is 0.243 e. The number of anilines is 1. The first-order valence-electron chi connectivity index (χ1n) is 6.54. The molecule has 1 aromatic heterocycles. The number of hydrogen-bond acceptors (Lipinski definition) is 6. The predicted molar refractivity (Wildman–Crippen MR) is 83.5 cm³/mol. The van der Waals surface area contributed by atoms with Crippen LogP contribution >= 0.6 is 11.8 Å². The molecule has 20 heavy (non-hydrogen) atoms. The van der Waals surface area contributed by atoms with E-state index in [9.17, 15) is 8.42 Å². The average molecular weight is 318 g/mol. The van der Waals surface area contributed by atoms with E-state index in [1.54, 1.807) is 11.8 Å². The van der Waals surface area contributed by atoms with Gasteiger partial charge < -0.3 is 5.32 Å². The molecule has 0 aromatic carbocycles. The van der Waals surface area contributed by atoms with E-state index in [-0.39, 0.29) is 10.8 Å². The molecule has 1 rings (SSSR count). The molecule has 0 spiro atoms. The van der Waals surface area contributed by atoms with Crippen LogP contribution in [-0.2, 0) is 10.0 Å². The summed E-state index contributed by atoms with van der Waals surface area (Å²) in [6.45, 7) is 5.22. The highest BCUT2D eigenvalue weighted by Gasteiger charge is 2.16.